The van der Waals surface area contributed by atoms with Gasteiger partial charge in [-0.1, -0.05) is 23.8 Å². The van der Waals surface area contributed by atoms with Crippen molar-refractivity contribution < 1.29 is 13.3 Å². The highest BCUT2D eigenvalue weighted by Crippen LogP contribution is 2.27. The van der Waals surface area contributed by atoms with Gasteiger partial charge in [-0.05, 0) is 37.1 Å². The molecule has 2 rings (SSSR count). The predicted molar refractivity (Wildman–Crippen MR) is 89.4 cm³/mol. The average Bonchev–Trinajstić information content (AvgIpc) is 2.45. The van der Waals surface area contributed by atoms with E-state index < -0.39 is 20.4 Å². The SMILES string of the molecule is Cc1ccc(CNc2ccc([N+](=O)[O-])c(S(C)(=O)=O)c2)c(C)c1. The summed E-state index contributed by atoms with van der Waals surface area (Å²) in [6.45, 7) is 4.52. The first-order valence-corrected chi connectivity index (χ1v) is 8.86. The number of benzene rings is 2. The molecule has 0 amide bonds. The average molecular weight is 334 g/mol. The Bertz CT molecular complexity index is 860. The van der Waals surface area contributed by atoms with E-state index in [-0.39, 0.29) is 4.90 Å². The lowest BCUT2D eigenvalue weighted by Crippen LogP contribution is -2.06. The van der Waals surface area contributed by atoms with Crippen LogP contribution in [0.3, 0.4) is 0 Å². The Morgan fingerprint density at radius 3 is 2.39 bits per heavy atom. The molecule has 6 nitrogen and oxygen atoms in total. The van der Waals surface area contributed by atoms with Crippen LogP contribution in [0.4, 0.5) is 11.4 Å². The third-order valence-corrected chi connectivity index (χ3v) is 4.66. The first kappa shape index (κ1) is 17.0. The molecule has 7 heteroatoms. The molecular weight excluding hydrogens is 316 g/mol. The molecule has 0 aliphatic carbocycles. The third-order valence-electron chi connectivity index (χ3n) is 3.54. The second kappa shape index (κ2) is 6.37. The van der Waals surface area contributed by atoms with Crippen molar-refractivity contribution in [3.8, 4) is 0 Å². The fourth-order valence-corrected chi connectivity index (χ4v) is 3.18. The quantitative estimate of drug-likeness (QED) is 0.670. The van der Waals surface area contributed by atoms with Crippen LogP contribution in [0.2, 0.25) is 0 Å². The highest BCUT2D eigenvalue weighted by atomic mass is 32.2. The molecule has 2 aromatic rings. The van der Waals surface area contributed by atoms with E-state index in [1.165, 1.54) is 23.8 Å². The van der Waals surface area contributed by atoms with Crippen molar-refractivity contribution >= 4 is 21.2 Å². The van der Waals surface area contributed by atoms with Crippen LogP contribution in [-0.4, -0.2) is 19.6 Å². The van der Waals surface area contributed by atoms with Crippen LogP contribution in [0.5, 0.6) is 0 Å². The number of nitro benzene ring substituents is 1. The Hall–Kier alpha value is -2.41. The number of nitrogens with one attached hydrogen (secondary N) is 1. The predicted octanol–water partition coefficient (Wildman–Crippen LogP) is 3.23. The number of rotatable bonds is 5. The van der Waals surface area contributed by atoms with E-state index in [0.29, 0.717) is 12.2 Å². The molecule has 23 heavy (non-hydrogen) atoms. The molecule has 0 heterocycles. The number of hydrogen-bond donors (Lipinski definition) is 1. The first-order valence-electron chi connectivity index (χ1n) is 6.97. The molecule has 0 atom stereocenters. The number of nitro groups is 1. The summed E-state index contributed by atoms with van der Waals surface area (Å²) in [6, 6.07) is 10.1. The molecule has 0 saturated carbocycles. The van der Waals surface area contributed by atoms with Crippen LogP contribution < -0.4 is 5.32 Å². The smallest absolute Gasteiger partial charge is 0.288 e. The molecule has 0 bridgehead atoms. The van der Waals surface area contributed by atoms with Crippen LogP contribution in [-0.2, 0) is 16.4 Å². The zero-order valence-electron chi connectivity index (χ0n) is 13.2. The van der Waals surface area contributed by atoms with Crippen molar-refractivity contribution in [3.63, 3.8) is 0 Å². The van der Waals surface area contributed by atoms with Gasteiger partial charge in [0.05, 0.1) is 4.92 Å². The summed E-state index contributed by atoms with van der Waals surface area (Å²) < 4.78 is 23.5. The van der Waals surface area contributed by atoms with Gasteiger partial charge in [0.25, 0.3) is 5.69 Å². The van der Waals surface area contributed by atoms with E-state index in [9.17, 15) is 18.5 Å². The Kier molecular flexibility index (Phi) is 4.70. The summed E-state index contributed by atoms with van der Waals surface area (Å²) >= 11 is 0. The largest absolute Gasteiger partial charge is 0.381 e. The van der Waals surface area contributed by atoms with Crippen LogP contribution in [0.25, 0.3) is 0 Å². The van der Waals surface area contributed by atoms with E-state index in [4.69, 9.17) is 0 Å². The summed E-state index contributed by atoms with van der Waals surface area (Å²) in [5, 5.41) is 14.1. The van der Waals surface area contributed by atoms with E-state index >= 15 is 0 Å². The van der Waals surface area contributed by atoms with Gasteiger partial charge < -0.3 is 5.32 Å². The molecule has 0 aliphatic rings. The zero-order chi connectivity index (χ0) is 17.2. The summed E-state index contributed by atoms with van der Waals surface area (Å²) in [4.78, 5) is 9.98. The summed E-state index contributed by atoms with van der Waals surface area (Å²) in [7, 11) is -3.68. The molecule has 122 valence electrons. The standard InChI is InChI=1S/C16H18N2O4S/c1-11-4-5-13(12(2)8-11)10-17-14-6-7-15(18(19)20)16(9-14)23(3,21)22/h4-9,17H,10H2,1-3H3. The second-order valence-electron chi connectivity index (χ2n) is 5.50. The van der Waals surface area contributed by atoms with Crippen molar-refractivity contribution in [2.75, 3.05) is 11.6 Å². The van der Waals surface area contributed by atoms with E-state index in [1.807, 2.05) is 26.0 Å². The van der Waals surface area contributed by atoms with E-state index in [0.717, 1.165) is 17.4 Å². The zero-order valence-corrected chi connectivity index (χ0v) is 14.0. The van der Waals surface area contributed by atoms with Crippen LogP contribution in [0.15, 0.2) is 41.3 Å². The fraction of sp³-hybridized carbons (Fsp3) is 0.250. The molecule has 0 saturated heterocycles. The lowest BCUT2D eigenvalue weighted by atomic mass is 10.1. The van der Waals surface area contributed by atoms with Crippen molar-refractivity contribution in [1.82, 2.24) is 0 Å². The molecule has 0 aromatic heterocycles. The lowest BCUT2D eigenvalue weighted by Gasteiger charge is -2.11. The van der Waals surface area contributed by atoms with Gasteiger partial charge in [-0.3, -0.25) is 10.1 Å². The van der Waals surface area contributed by atoms with Gasteiger partial charge >= 0.3 is 0 Å². The van der Waals surface area contributed by atoms with Gasteiger partial charge in [0.1, 0.15) is 4.90 Å². The normalized spacial score (nSPS) is 11.3. The molecule has 0 spiro atoms. The van der Waals surface area contributed by atoms with Crippen LogP contribution in [0.1, 0.15) is 16.7 Å². The summed E-state index contributed by atoms with van der Waals surface area (Å²) in [6.07, 6.45) is 0.962. The van der Waals surface area contributed by atoms with Crippen molar-refractivity contribution in [2.24, 2.45) is 0 Å². The maximum atomic E-state index is 11.7. The number of hydrogen-bond acceptors (Lipinski definition) is 5. The van der Waals surface area contributed by atoms with Gasteiger partial charge in [-0.25, -0.2) is 8.42 Å². The number of anilines is 1. The molecule has 0 aliphatic heterocycles. The van der Waals surface area contributed by atoms with E-state index in [1.54, 1.807) is 0 Å². The number of aryl methyl sites for hydroxylation is 2. The minimum atomic E-state index is -3.68. The topological polar surface area (TPSA) is 89.3 Å². The summed E-state index contributed by atoms with van der Waals surface area (Å²) in [5.41, 5.74) is 3.49. The Morgan fingerprint density at radius 1 is 1.13 bits per heavy atom. The molecule has 0 unspecified atom stereocenters. The van der Waals surface area contributed by atoms with Gasteiger partial charge in [0.15, 0.2) is 9.84 Å². The van der Waals surface area contributed by atoms with Gasteiger partial charge in [-0.2, -0.15) is 0 Å². The highest BCUT2D eigenvalue weighted by Gasteiger charge is 2.22. The monoisotopic (exact) mass is 334 g/mol. The van der Waals surface area contributed by atoms with Crippen molar-refractivity contribution in [3.05, 3.63) is 63.2 Å². The minimum Gasteiger partial charge on any atom is -0.381 e. The van der Waals surface area contributed by atoms with E-state index in [2.05, 4.69) is 11.4 Å². The second-order valence-corrected chi connectivity index (χ2v) is 7.48. The molecule has 2 aromatic carbocycles. The maximum absolute atomic E-state index is 11.7. The first-order chi connectivity index (χ1) is 10.7. The Morgan fingerprint density at radius 2 is 1.83 bits per heavy atom. The molecule has 0 fully saturated rings. The van der Waals surface area contributed by atoms with Gasteiger partial charge in [-0.15, -0.1) is 0 Å². The third kappa shape index (κ3) is 4.07. The van der Waals surface area contributed by atoms with Crippen LogP contribution >= 0.6 is 0 Å². The number of nitrogens with zero attached hydrogens (tertiary/aromatic N) is 1. The fourth-order valence-electron chi connectivity index (χ4n) is 2.31. The molecule has 0 radical (unpaired) electrons. The molecular formula is C16H18N2O4S. The van der Waals surface area contributed by atoms with Gasteiger partial charge in [0.2, 0.25) is 0 Å². The maximum Gasteiger partial charge on any atom is 0.288 e. The van der Waals surface area contributed by atoms with Gasteiger partial charge in [0, 0.05) is 24.6 Å². The van der Waals surface area contributed by atoms with Crippen LogP contribution in [0, 0.1) is 24.0 Å². The highest BCUT2D eigenvalue weighted by molar-refractivity contribution is 7.90. The Labute approximate surface area is 135 Å². The molecule has 1 N–H and O–H groups in total. The summed E-state index contributed by atoms with van der Waals surface area (Å²) in [5.74, 6) is 0. The van der Waals surface area contributed by atoms with Crippen molar-refractivity contribution in [1.29, 1.82) is 0 Å². The van der Waals surface area contributed by atoms with Crippen molar-refractivity contribution in [2.45, 2.75) is 25.3 Å². The lowest BCUT2D eigenvalue weighted by molar-refractivity contribution is -0.387. The minimum absolute atomic E-state index is 0.284. The number of sulfone groups is 1. The Balaban J connectivity index is 2.29.